The molecule has 1 amide bonds. The van der Waals surface area contributed by atoms with Gasteiger partial charge in [-0.15, -0.1) is 10.2 Å². The van der Waals surface area contributed by atoms with Gasteiger partial charge in [0.25, 0.3) is 0 Å². The van der Waals surface area contributed by atoms with Crippen molar-refractivity contribution in [1.29, 1.82) is 0 Å². The Labute approximate surface area is 157 Å². The molecule has 1 aliphatic heterocycles. The maximum absolute atomic E-state index is 12.6. The van der Waals surface area contributed by atoms with Gasteiger partial charge in [0.2, 0.25) is 5.91 Å². The molecule has 4 rings (SSSR count). The molecule has 5 nitrogen and oxygen atoms in total. The van der Waals surface area contributed by atoms with E-state index in [2.05, 4.69) is 28.4 Å². The molecule has 6 heteroatoms. The zero-order valence-corrected chi connectivity index (χ0v) is 15.4. The van der Waals surface area contributed by atoms with Gasteiger partial charge in [0.1, 0.15) is 5.82 Å². The minimum Gasteiger partial charge on any atom is -0.311 e. The van der Waals surface area contributed by atoms with Crippen molar-refractivity contribution in [2.24, 2.45) is 7.05 Å². The molecule has 1 aromatic heterocycles. The Balaban J connectivity index is 1.40. The van der Waals surface area contributed by atoms with Gasteiger partial charge in [0.05, 0.1) is 5.75 Å². The Kier molecular flexibility index (Phi) is 4.75. The van der Waals surface area contributed by atoms with Crippen LogP contribution in [0.4, 0.5) is 5.69 Å². The normalized spacial score (nSPS) is 13.0. The number of para-hydroxylation sites is 1. The lowest BCUT2D eigenvalue weighted by Gasteiger charge is -2.16. The fourth-order valence-electron chi connectivity index (χ4n) is 3.20. The standard InChI is InChI=1S/C20H20N4OS/c1-23-18(13-15-7-3-2-4-8-15)21-22-20(23)26-14-19(25)24-12-11-16-9-5-6-10-17(16)24/h2-10H,11-14H2,1H3. The number of anilines is 1. The second-order valence-electron chi connectivity index (χ2n) is 6.33. The molecule has 1 aliphatic rings. The molecule has 0 N–H and O–H groups in total. The SMILES string of the molecule is Cn1c(Cc2ccccc2)nnc1SCC(=O)N1CCc2ccccc21. The Bertz CT molecular complexity index is 923. The Morgan fingerprint density at radius 3 is 2.69 bits per heavy atom. The van der Waals surface area contributed by atoms with E-state index >= 15 is 0 Å². The van der Waals surface area contributed by atoms with E-state index in [4.69, 9.17) is 0 Å². The Morgan fingerprint density at radius 2 is 1.85 bits per heavy atom. The highest BCUT2D eigenvalue weighted by Crippen LogP contribution is 2.28. The number of amides is 1. The smallest absolute Gasteiger partial charge is 0.237 e. The third-order valence-electron chi connectivity index (χ3n) is 4.64. The third kappa shape index (κ3) is 3.37. The van der Waals surface area contributed by atoms with E-state index in [0.717, 1.165) is 36.1 Å². The summed E-state index contributed by atoms with van der Waals surface area (Å²) in [5, 5.41) is 9.32. The quantitative estimate of drug-likeness (QED) is 0.653. The van der Waals surface area contributed by atoms with Crippen molar-refractivity contribution in [2.75, 3.05) is 17.2 Å². The molecule has 3 aromatic rings. The fourth-order valence-corrected chi connectivity index (χ4v) is 4.01. The highest BCUT2D eigenvalue weighted by molar-refractivity contribution is 7.99. The molecule has 0 saturated heterocycles. The van der Waals surface area contributed by atoms with Gasteiger partial charge in [-0.05, 0) is 23.6 Å². The average molecular weight is 364 g/mol. The predicted octanol–water partition coefficient (Wildman–Crippen LogP) is 3.09. The van der Waals surface area contributed by atoms with Crippen LogP contribution in [-0.4, -0.2) is 33.0 Å². The molecule has 132 valence electrons. The van der Waals surface area contributed by atoms with E-state index in [1.165, 1.54) is 22.9 Å². The number of fused-ring (bicyclic) bond motifs is 1. The molecule has 0 spiro atoms. The number of hydrogen-bond donors (Lipinski definition) is 0. The average Bonchev–Trinajstić information content (AvgIpc) is 3.25. The van der Waals surface area contributed by atoms with E-state index in [1.54, 1.807) is 0 Å². The van der Waals surface area contributed by atoms with Crippen LogP contribution in [0, 0.1) is 0 Å². The molecule has 0 bridgehead atoms. The van der Waals surface area contributed by atoms with Crippen molar-refractivity contribution < 1.29 is 4.79 Å². The lowest BCUT2D eigenvalue weighted by molar-refractivity contribution is -0.116. The summed E-state index contributed by atoms with van der Waals surface area (Å²) in [6, 6.07) is 18.3. The summed E-state index contributed by atoms with van der Waals surface area (Å²) in [5.41, 5.74) is 3.49. The molecule has 0 atom stereocenters. The van der Waals surface area contributed by atoms with Crippen LogP contribution in [0.2, 0.25) is 0 Å². The van der Waals surface area contributed by atoms with E-state index in [0.29, 0.717) is 5.75 Å². The van der Waals surface area contributed by atoms with Crippen molar-refractivity contribution in [2.45, 2.75) is 18.0 Å². The molecule has 0 aliphatic carbocycles. The molecule has 0 unspecified atom stereocenters. The number of nitrogens with zero attached hydrogens (tertiary/aromatic N) is 4. The lowest BCUT2D eigenvalue weighted by atomic mass is 10.1. The van der Waals surface area contributed by atoms with Gasteiger partial charge in [-0.1, -0.05) is 60.3 Å². The van der Waals surface area contributed by atoms with Crippen molar-refractivity contribution >= 4 is 23.4 Å². The largest absolute Gasteiger partial charge is 0.311 e. The zero-order valence-electron chi connectivity index (χ0n) is 14.6. The van der Waals surface area contributed by atoms with Gasteiger partial charge in [-0.2, -0.15) is 0 Å². The minimum atomic E-state index is 0.118. The maximum atomic E-state index is 12.6. The zero-order chi connectivity index (χ0) is 17.9. The number of benzene rings is 2. The van der Waals surface area contributed by atoms with Crippen LogP contribution in [0.5, 0.6) is 0 Å². The number of rotatable bonds is 5. The maximum Gasteiger partial charge on any atom is 0.237 e. The first-order chi connectivity index (χ1) is 12.7. The van der Waals surface area contributed by atoms with Crippen molar-refractivity contribution in [3.63, 3.8) is 0 Å². The first-order valence-corrected chi connectivity index (χ1v) is 9.64. The number of carbonyl (C=O) groups excluding carboxylic acids is 1. The van der Waals surface area contributed by atoms with Crippen LogP contribution in [0.25, 0.3) is 0 Å². The molecule has 2 heterocycles. The third-order valence-corrected chi connectivity index (χ3v) is 5.65. The van der Waals surface area contributed by atoms with Crippen LogP contribution < -0.4 is 4.90 Å². The lowest BCUT2D eigenvalue weighted by Crippen LogP contribution is -2.30. The van der Waals surface area contributed by atoms with E-state index in [-0.39, 0.29) is 5.91 Å². The summed E-state index contributed by atoms with van der Waals surface area (Å²) < 4.78 is 1.98. The summed E-state index contributed by atoms with van der Waals surface area (Å²) >= 11 is 1.45. The Morgan fingerprint density at radius 1 is 1.08 bits per heavy atom. The van der Waals surface area contributed by atoms with Crippen molar-refractivity contribution in [1.82, 2.24) is 14.8 Å². The van der Waals surface area contributed by atoms with Gasteiger partial charge >= 0.3 is 0 Å². The summed E-state index contributed by atoms with van der Waals surface area (Å²) in [6.45, 7) is 0.761. The van der Waals surface area contributed by atoms with Crippen LogP contribution >= 0.6 is 11.8 Å². The second-order valence-corrected chi connectivity index (χ2v) is 7.28. The van der Waals surface area contributed by atoms with Gasteiger partial charge in [-0.25, -0.2) is 0 Å². The van der Waals surface area contributed by atoms with E-state index in [9.17, 15) is 4.79 Å². The monoisotopic (exact) mass is 364 g/mol. The minimum absolute atomic E-state index is 0.118. The fraction of sp³-hybridized carbons (Fsp3) is 0.250. The van der Waals surface area contributed by atoms with Crippen molar-refractivity contribution in [3.8, 4) is 0 Å². The van der Waals surface area contributed by atoms with E-state index in [1.807, 2.05) is 52.9 Å². The van der Waals surface area contributed by atoms with Crippen LogP contribution in [-0.2, 0) is 24.7 Å². The number of thioether (sulfide) groups is 1. The summed E-state index contributed by atoms with van der Waals surface area (Å²) in [7, 11) is 1.95. The van der Waals surface area contributed by atoms with Crippen LogP contribution in [0.1, 0.15) is 17.0 Å². The topological polar surface area (TPSA) is 51.0 Å². The predicted molar refractivity (Wildman–Crippen MR) is 103 cm³/mol. The first kappa shape index (κ1) is 16.8. The summed E-state index contributed by atoms with van der Waals surface area (Å²) in [6.07, 6.45) is 1.66. The number of aromatic nitrogens is 3. The second kappa shape index (κ2) is 7.33. The highest BCUT2D eigenvalue weighted by Gasteiger charge is 2.24. The molecule has 0 saturated carbocycles. The Hall–Kier alpha value is -2.60. The first-order valence-electron chi connectivity index (χ1n) is 8.65. The summed E-state index contributed by atoms with van der Waals surface area (Å²) in [5.74, 6) is 1.39. The van der Waals surface area contributed by atoms with Gasteiger partial charge in [0.15, 0.2) is 5.16 Å². The van der Waals surface area contributed by atoms with Gasteiger partial charge < -0.3 is 9.47 Å². The van der Waals surface area contributed by atoms with Gasteiger partial charge in [0, 0.05) is 25.7 Å². The number of carbonyl (C=O) groups is 1. The van der Waals surface area contributed by atoms with Crippen molar-refractivity contribution in [3.05, 3.63) is 71.5 Å². The van der Waals surface area contributed by atoms with Gasteiger partial charge in [-0.3, -0.25) is 4.79 Å². The molecule has 26 heavy (non-hydrogen) atoms. The molecule has 0 fully saturated rings. The molecule has 0 radical (unpaired) electrons. The highest BCUT2D eigenvalue weighted by atomic mass is 32.2. The van der Waals surface area contributed by atoms with Crippen LogP contribution in [0.3, 0.4) is 0 Å². The summed E-state index contributed by atoms with van der Waals surface area (Å²) in [4.78, 5) is 14.5. The van der Waals surface area contributed by atoms with E-state index < -0.39 is 0 Å². The number of hydrogen-bond acceptors (Lipinski definition) is 4. The molecule has 2 aromatic carbocycles. The molecular formula is C20H20N4OS. The molecular weight excluding hydrogens is 344 g/mol. The van der Waals surface area contributed by atoms with Crippen LogP contribution in [0.15, 0.2) is 59.8 Å².